The Labute approximate surface area is 152 Å². The molecule has 0 saturated carbocycles. The molecule has 0 bridgehead atoms. The lowest BCUT2D eigenvalue weighted by atomic mass is 10.0. The van der Waals surface area contributed by atoms with Gasteiger partial charge in [0.2, 0.25) is 0 Å². The maximum absolute atomic E-state index is 10.9. The number of ether oxygens (including phenoxy) is 3. The highest BCUT2D eigenvalue weighted by Gasteiger charge is 2.53. The molecule has 0 aromatic heterocycles. The Morgan fingerprint density at radius 1 is 1.22 bits per heavy atom. The standard InChI is InChI=1S/C13H20N2O12/c16-8-6-23-12-10(8)25-9(11(12)26-13(17)18)4-2-1-3-7(27-15(21)22)5-24-14(19)20/h7-12,16H,1-6H2,(H,17,18). The predicted molar refractivity (Wildman–Crippen MR) is 80.6 cm³/mol. The molecule has 6 atom stereocenters. The summed E-state index contributed by atoms with van der Waals surface area (Å²) in [6, 6.07) is 0. The number of hydrogen-bond donors (Lipinski definition) is 2. The van der Waals surface area contributed by atoms with Crippen molar-refractivity contribution in [2.24, 2.45) is 0 Å². The molecule has 0 aromatic rings. The Kier molecular flexibility index (Phi) is 7.32. The molecule has 2 heterocycles. The van der Waals surface area contributed by atoms with E-state index < -0.39 is 59.6 Å². The monoisotopic (exact) mass is 396 g/mol. The Balaban J connectivity index is 1.80. The van der Waals surface area contributed by atoms with Gasteiger partial charge in [0.15, 0.2) is 6.10 Å². The van der Waals surface area contributed by atoms with E-state index in [1.54, 1.807) is 0 Å². The van der Waals surface area contributed by atoms with Crippen molar-refractivity contribution in [2.45, 2.75) is 62.3 Å². The molecule has 27 heavy (non-hydrogen) atoms. The van der Waals surface area contributed by atoms with Gasteiger partial charge in [-0.05, 0) is 12.8 Å². The summed E-state index contributed by atoms with van der Waals surface area (Å²) >= 11 is 0. The Morgan fingerprint density at radius 3 is 2.59 bits per heavy atom. The lowest BCUT2D eigenvalue weighted by molar-refractivity contribution is -0.790. The minimum absolute atomic E-state index is 0.0257. The Morgan fingerprint density at radius 2 is 1.96 bits per heavy atom. The van der Waals surface area contributed by atoms with E-state index in [-0.39, 0.29) is 13.0 Å². The molecule has 2 rings (SSSR count). The van der Waals surface area contributed by atoms with Crippen LogP contribution in [-0.2, 0) is 23.9 Å². The summed E-state index contributed by atoms with van der Waals surface area (Å²) in [7, 11) is 0. The van der Waals surface area contributed by atoms with E-state index in [9.17, 15) is 30.1 Å². The molecule has 0 amide bonds. The molecule has 2 fully saturated rings. The zero-order chi connectivity index (χ0) is 20.0. The van der Waals surface area contributed by atoms with Gasteiger partial charge in [0, 0.05) is 0 Å². The first-order valence-electron chi connectivity index (χ1n) is 8.21. The molecule has 0 spiro atoms. The number of carboxylic acid groups (broad SMARTS) is 1. The summed E-state index contributed by atoms with van der Waals surface area (Å²) < 4.78 is 15.8. The van der Waals surface area contributed by atoms with E-state index in [2.05, 4.69) is 9.68 Å². The number of aliphatic hydroxyl groups excluding tert-OH is 1. The van der Waals surface area contributed by atoms with Gasteiger partial charge in [0.25, 0.3) is 10.2 Å². The summed E-state index contributed by atoms with van der Waals surface area (Å²) in [6.45, 7) is -0.555. The number of carbonyl (C=O) groups is 1. The maximum atomic E-state index is 10.9. The first kappa shape index (κ1) is 20.9. The number of nitrogens with zero attached hydrogens (tertiary/aromatic N) is 2. The van der Waals surface area contributed by atoms with Crippen LogP contribution in [0.2, 0.25) is 0 Å². The van der Waals surface area contributed by atoms with Crippen molar-refractivity contribution in [3.05, 3.63) is 20.2 Å². The largest absolute Gasteiger partial charge is 0.506 e. The van der Waals surface area contributed by atoms with Gasteiger partial charge < -0.3 is 34.1 Å². The molecular formula is C13H20N2O12. The molecule has 2 saturated heterocycles. The summed E-state index contributed by atoms with van der Waals surface area (Å²) in [5.41, 5.74) is 0. The van der Waals surface area contributed by atoms with Gasteiger partial charge in [-0.1, -0.05) is 12.8 Å². The van der Waals surface area contributed by atoms with Crippen LogP contribution in [0.1, 0.15) is 25.7 Å². The normalized spacial score (nSPS) is 30.3. The third-order valence-electron chi connectivity index (χ3n) is 4.29. The molecule has 0 aromatic carbocycles. The van der Waals surface area contributed by atoms with Crippen molar-refractivity contribution in [1.82, 2.24) is 0 Å². The molecule has 2 aliphatic rings. The van der Waals surface area contributed by atoms with Gasteiger partial charge in [-0.2, -0.15) is 0 Å². The van der Waals surface area contributed by atoms with Gasteiger partial charge >= 0.3 is 6.16 Å². The van der Waals surface area contributed by atoms with E-state index in [4.69, 9.17) is 19.3 Å². The quantitative estimate of drug-likeness (QED) is 0.205. The van der Waals surface area contributed by atoms with E-state index in [1.807, 2.05) is 0 Å². The first-order chi connectivity index (χ1) is 12.8. The van der Waals surface area contributed by atoms with Crippen molar-refractivity contribution in [3.8, 4) is 0 Å². The molecule has 0 aliphatic carbocycles. The smallest absolute Gasteiger partial charge is 0.450 e. The molecule has 14 nitrogen and oxygen atoms in total. The lowest BCUT2D eigenvalue weighted by Crippen LogP contribution is -2.36. The van der Waals surface area contributed by atoms with E-state index in [0.29, 0.717) is 19.3 Å². The maximum Gasteiger partial charge on any atom is 0.506 e. The summed E-state index contributed by atoms with van der Waals surface area (Å²) in [6.07, 6.45) is -5.13. The van der Waals surface area contributed by atoms with Gasteiger partial charge in [0.1, 0.15) is 31.0 Å². The number of fused-ring (bicyclic) bond motifs is 1. The zero-order valence-electron chi connectivity index (χ0n) is 14.1. The minimum Gasteiger partial charge on any atom is -0.450 e. The van der Waals surface area contributed by atoms with Crippen LogP contribution in [0.25, 0.3) is 0 Å². The highest BCUT2D eigenvalue weighted by Crippen LogP contribution is 2.35. The van der Waals surface area contributed by atoms with Gasteiger partial charge in [-0.3, -0.25) is 0 Å². The highest BCUT2D eigenvalue weighted by atomic mass is 17.0. The van der Waals surface area contributed by atoms with Crippen LogP contribution in [0.3, 0.4) is 0 Å². The highest BCUT2D eigenvalue weighted by molar-refractivity contribution is 5.57. The Bertz CT molecular complexity index is 545. The van der Waals surface area contributed by atoms with E-state index in [0.717, 1.165) is 0 Å². The fraction of sp³-hybridized carbons (Fsp3) is 0.923. The number of unbranched alkanes of at least 4 members (excludes halogenated alkanes) is 1. The average molecular weight is 396 g/mol. The lowest BCUT2D eigenvalue weighted by Gasteiger charge is -2.21. The molecule has 0 radical (unpaired) electrons. The zero-order valence-corrected chi connectivity index (χ0v) is 14.1. The first-order valence-corrected chi connectivity index (χ1v) is 8.21. The molecule has 6 unspecified atom stereocenters. The van der Waals surface area contributed by atoms with Crippen LogP contribution in [0.15, 0.2) is 0 Å². The van der Waals surface area contributed by atoms with Crippen molar-refractivity contribution >= 4 is 6.16 Å². The van der Waals surface area contributed by atoms with Gasteiger partial charge in [0.05, 0.1) is 12.7 Å². The van der Waals surface area contributed by atoms with Crippen molar-refractivity contribution in [1.29, 1.82) is 0 Å². The number of hydrogen-bond acceptors (Lipinski definition) is 11. The Hall–Kier alpha value is -2.45. The number of rotatable bonds is 11. The van der Waals surface area contributed by atoms with Gasteiger partial charge in [-0.25, -0.2) is 4.79 Å². The third kappa shape index (κ3) is 6.04. The van der Waals surface area contributed by atoms with Crippen molar-refractivity contribution in [2.75, 3.05) is 13.2 Å². The minimum atomic E-state index is -1.49. The molecular weight excluding hydrogens is 376 g/mol. The number of aliphatic hydroxyl groups is 1. The van der Waals surface area contributed by atoms with E-state index in [1.165, 1.54) is 0 Å². The van der Waals surface area contributed by atoms with Crippen LogP contribution >= 0.6 is 0 Å². The molecule has 14 heteroatoms. The van der Waals surface area contributed by atoms with Crippen molar-refractivity contribution in [3.63, 3.8) is 0 Å². The fourth-order valence-electron chi connectivity index (χ4n) is 3.20. The second-order valence-electron chi connectivity index (χ2n) is 6.11. The summed E-state index contributed by atoms with van der Waals surface area (Å²) in [4.78, 5) is 39.9. The van der Waals surface area contributed by atoms with Crippen LogP contribution in [0, 0.1) is 20.2 Å². The molecule has 2 aliphatic heterocycles. The second kappa shape index (κ2) is 9.48. The van der Waals surface area contributed by atoms with Crippen LogP contribution in [-0.4, -0.2) is 76.4 Å². The second-order valence-corrected chi connectivity index (χ2v) is 6.11. The van der Waals surface area contributed by atoms with Crippen molar-refractivity contribution < 1.29 is 49.1 Å². The van der Waals surface area contributed by atoms with E-state index >= 15 is 0 Å². The van der Waals surface area contributed by atoms with Crippen LogP contribution in [0.4, 0.5) is 4.79 Å². The summed E-state index contributed by atoms with van der Waals surface area (Å²) in [5.74, 6) is 0. The molecule has 2 N–H and O–H groups in total. The average Bonchev–Trinajstić information content (AvgIpc) is 3.09. The third-order valence-corrected chi connectivity index (χ3v) is 4.29. The predicted octanol–water partition coefficient (Wildman–Crippen LogP) is -0.0777. The van der Waals surface area contributed by atoms with Crippen LogP contribution < -0.4 is 0 Å². The fourth-order valence-corrected chi connectivity index (χ4v) is 3.20. The summed E-state index contributed by atoms with van der Waals surface area (Å²) in [5, 5.41) is 37.1. The molecule has 154 valence electrons. The SMILES string of the molecule is O=C(O)OC1C(CCCCC(CO[N+](=O)[O-])O[N+](=O)[O-])OC2C(O)COC21. The topological polar surface area (TPSA) is 190 Å². The van der Waals surface area contributed by atoms with Crippen LogP contribution in [0.5, 0.6) is 0 Å². The van der Waals surface area contributed by atoms with Gasteiger partial charge in [-0.15, -0.1) is 20.2 Å².